The smallest absolute Gasteiger partial charge is 0.326 e. The summed E-state index contributed by atoms with van der Waals surface area (Å²) in [5.74, 6) is -0.00440. The highest BCUT2D eigenvalue weighted by Crippen LogP contribution is 2.40. The van der Waals surface area contributed by atoms with Crippen molar-refractivity contribution in [3.8, 4) is 0 Å². The van der Waals surface area contributed by atoms with Crippen LogP contribution in [0.5, 0.6) is 0 Å². The Morgan fingerprint density at radius 3 is 2.52 bits per heavy atom. The number of amides is 1. The number of carboxylic acids is 1. The van der Waals surface area contributed by atoms with E-state index in [9.17, 15) is 14.7 Å². The second-order valence-corrected chi connectivity index (χ2v) is 6.76. The van der Waals surface area contributed by atoms with E-state index in [1.807, 2.05) is 0 Å². The molecule has 21 heavy (non-hydrogen) atoms. The number of ether oxygens (including phenoxy) is 1. The van der Waals surface area contributed by atoms with Gasteiger partial charge in [0.2, 0.25) is 5.91 Å². The molecule has 2 heterocycles. The van der Waals surface area contributed by atoms with Crippen LogP contribution >= 0.6 is 0 Å². The Labute approximate surface area is 125 Å². The molecule has 2 saturated heterocycles. The zero-order chi connectivity index (χ0) is 14.8. The largest absolute Gasteiger partial charge is 0.480 e. The van der Waals surface area contributed by atoms with Crippen molar-refractivity contribution in [2.45, 2.75) is 63.5 Å². The van der Waals surface area contributed by atoms with Crippen LogP contribution in [0.25, 0.3) is 0 Å². The van der Waals surface area contributed by atoms with Gasteiger partial charge in [0.05, 0.1) is 0 Å². The second-order valence-electron chi connectivity index (χ2n) is 6.76. The lowest BCUT2D eigenvalue weighted by Gasteiger charge is -2.34. The maximum Gasteiger partial charge on any atom is 0.326 e. The first-order valence-electron chi connectivity index (χ1n) is 8.28. The summed E-state index contributed by atoms with van der Waals surface area (Å²) in [5, 5.41) is 9.47. The van der Waals surface area contributed by atoms with Gasteiger partial charge in [-0.3, -0.25) is 4.79 Å². The van der Waals surface area contributed by atoms with Gasteiger partial charge in [0.25, 0.3) is 0 Å². The number of carbonyl (C=O) groups is 2. The summed E-state index contributed by atoms with van der Waals surface area (Å²) in [7, 11) is 0. The van der Waals surface area contributed by atoms with E-state index in [2.05, 4.69) is 0 Å². The molecule has 0 aromatic rings. The summed E-state index contributed by atoms with van der Waals surface area (Å²) < 4.78 is 5.33. The minimum atomic E-state index is -0.829. The van der Waals surface area contributed by atoms with Gasteiger partial charge < -0.3 is 14.7 Å². The van der Waals surface area contributed by atoms with E-state index < -0.39 is 12.0 Å². The van der Waals surface area contributed by atoms with E-state index in [-0.39, 0.29) is 11.9 Å². The molecule has 0 spiro atoms. The molecule has 0 bridgehead atoms. The zero-order valence-electron chi connectivity index (χ0n) is 12.5. The summed E-state index contributed by atoms with van der Waals surface area (Å²) >= 11 is 0. The highest BCUT2D eigenvalue weighted by atomic mass is 16.5. The molecule has 3 aliphatic rings. The molecule has 3 atom stereocenters. The molecule has 118 valence electrons. The van der Waals surface area contributed by atoms with Crippen molar-refractivity contribution in [3.05, 3.63) is 0 Å². The molecule has 1 aliphatic carbocycles. The fraction of sp³-hybridized carbons (Fsp3) is 0.875. The maximum absolute atomic E-state index is 12.7. The zero-order valence-corrected chi connectivity index (χ0v) is 12.5. The van der Waals surface area contributed by atoms with Crippen molar-refractivity contribution in [1.29, 1.82) is 0 Å². The van der Waals surface area contributed by atoms with Crippen molar-refractivity contribution in [1.82, 2.24) is 4.90 Å². The monoisotopic (exact) mass is 295 g/mol. The van der Waals surface area contributed by atoms with Gasteiger partial charge in [-0.25, -0.2) is 4.79 Å². The molecule has 0 aromatic heterocycles. The molecule has 5 heteroatoms. The number of carbonyl (C=O) groups excluding carboxylic acids is 1. The standard InChI is InChI=1S/C16H25NO4/c18-15(9-11-5-7-21-8-6-11)17-13-4-2-1-3-12(13)10-14(17)16(19)20/h11-14H,1-10H2,(H,19,20)/t12-,13+,14+/m1/s1. The van der Waals surface area contributed by atoms with Gasteiger partial charge in [-0.15, -0.1) is 0 Å². The summed E-state index contributed by atoms with van der Waals surface area (Å²) in [4.78, 5) is 26.0. The first kappa shape index (κ1) is 14.8. The van der Waals surface area contributed by atoms with Gasteiger partial charge >= 0.3 is 5.97 Å². The Balaban J connectivity index is 1.69. The Hall–Kier alpha value is -1.10. The molecule has 2 aliphatic heterocycles. The van der Waals surface area contributed by atoms with E-state index in [1.54, 1.807) is 4.90 Å². The van der Waals surface area contributed by atoms with Gasteiger partial charge in [-0.2, -0.15) is 0 Å². The number of nitrogens with zero attached hydrogens (tertiary/aromatic N) is 1. The Kier molecular flexibility index (Phi) is 4.48. The maximum atomic E-state index is 12.7. The highest BCUT2D eigenvalue weighted by molar-refractivity contribution is 5.85. The number of hydrogen-bond acceptors (Lipinski definition) is 3. The van der Waals surface area contributed by atoms with E-state index in [0.717, 1.165) is 45.3 Å². The number of rotatable bonds is 3. The average Bonchev–Trinajstić information content (AvgIpc) is 2.88. The minimum Gasteiger partial charge on any atom is -0.480 e. The van der Waals surface area contributed by atoms with Crippen molar-refractivity contribution < 1.29 is 19.4 Å². The minimum absolute atomic E-state index is 0.0590. The van der Waals surface area contributed by atoms with Crippen LogP contribution in [0.1, 0.15) is 51.4 Å². The van der Waals surface area contributed by atoms with Crippen molar-refractivity contribution in [2.24, 2.45) is 11.8 Å². The van der Waals surface area contributed by atoms with Crippen LogP contribution in [-0.2, 0) is 14.3 Å². The molecular formula is C16H25NO4. The molecule has 3 rings (SSSR count). The number of fused-ring (bicyclic) bond motifs is 1. The van der Waals surface area contributed by atoms with Gasteiger partial charge in [-0.05, 0) is 43.9 Å². The summed E-state index contributed by atoms with van der Waals surface area (Å²) in [6, 6.07) is -0.419. The predicted molar refractivity (Wildman–Crippen MR) is 76.8 cm³/mol. The molecule has 5 nitrogen and oxygen atoms in total. The average molecular weight is 295 g/mol. The normalized spacial score (nSPS) is 33.7. The van der Waals surface area contributed by atoms with E-state index in [0.29, 0.717) is 24.7 Å². The third kappa shape index (κ3) is 3.07. The SMILES string of the molecule is O=C(O)[C@@H]1C[C@H]2CCCC[C@@H]2N1C(=O)CC1CCOCC1. The fourth-order valence-electron chi connectivity index (χ4n) is 4.34. The van der Waals surface area contributed by atoms with Crippen molar-refractivity contribution in [2.75, 3.05) is 13.2 Å². The second kappa shape index (κ2) is 6.34. The summed E-state index contributed by atoms with van der Waals surface area (Å²) in [6.45, 7) is 1.46. The molecule has 0 aromatic carbocycles. The van der Waals surface area contributed by atoms with E-state index in [1.165, 1.54) is 6.42 Å². The van der Waals surface area contributed by atoms with Gasteiger partial charge in [-0.1, -0.05) is 12.8 Å². The first-order valence-corrected chi connectivity index (χ1v) is 8.28. The molecule has 3 fully saturated rings. The summed E-state index contributed by atoms with van der Waals surface area (Å²) in [5.41, 5.74) is 0. The van der Waals surface area contributed by atoms with Crippen LogP contribution in [0.2, 0.25) is 0 Å². The van der Waals surface area contributed by atoms with Crippen molar-refractivity contribution in [3.63, 3.8) is 0 Å². The molecule has 0 unspecified atom stereocenters. The van der Waals surface area contributed by atoms with Crippen LogP contribution < -0.4 is 0 Å². The lowest BCUT2D eigenvalue weighted by molar-refractivity contribution is -0.150. The predicted octanol–water partition coefficient (Wildman–Crippen LogP) is 2.05. The van der Waals surface area contributed by atoms with Gasteiger partial charge in [0.15, 0.2) is 0 Å². The Morgan fingerprint density at radius 1 is 1.10 bits per heavy atom. The number of aliphatic carboxylic acids is 1. The van der Waals surface area contributed by atoms with Crippen LogP contribution in [0, 0.1) is 11.8 Å². The van der Waals surface area contributed by atoms with Crippen LogP contribution in [0.4, 0.5) is 0 Å². The van der Waals surface area contributed by atoms with Gasteiger partial charge in [0, 0.05) is 25.7 Å². The third-order valence-corrected chi connectivity index (χ3v) is 5.47. The highest BCUT2D eigenvalue weighted by Gasteiger charge is 2.47. The fourth-order valence-corrected chi connectivity index (χ4v) is 4.34. The van der Waals surface area contributed by atoms with Crippen LogP contribution in [0.3, 0.4) is 0 Å². The number of likely N-dealkylation sites (tertiary alicyclic amines) is 1. The van der Waals surface area contributed by atoms with Crippen molar-refractivity contribution >= 4 is 11.9 Å². The molecular weight excluding hydrogens is 270 g/mol. The Bertz CT molecular complexity index is 405. The quantitative estimate of drug-likeness (QED) is 0.865. The lowest BCUT2D eigenvalue weighted by atomic mass is 9.84. The molecule has 0 radical (unpaired) electrons. The Morgan fingerprint density at radius 2 is 1.81 bits per heavy atom. The number of hydrogen-bond donors (Lipinski definition) is 1. The first-order chi connectivity index (χ1) is 10.2. The van der Waals surface area contributed by atoms with Crippen LogP contribution in [-0.4, -0.2) is 47.2 Å². The van der Waals surface area contributed by atoms with E-state index in [4.69, 9.17) is 4.74 Å². The van der Waals surface area contributed by atoms with Gasteiger partial charge in [0.1, 0.15) is 6.04 Å². The van der Waals surface area contributed by atoms with Crippen LogP contribution in [0.15, 0.2) is 0 Å². The number of carboxylic acid groups (broad SMARTS) is 1. The third-order valence-electron chi connectivity index (χ3n) is 5.47. The topological polar surface area (TPSA) is 66.8 Å². The lowest BCUT2D eigenvalue weighted by Crippen LogP contribution is -2.46. The molecule has 1 saturated carbocycles. The molecule has 1 N–H and O–H groups in total. The van der Waals surface area contributed by atoms with E-state index >= 15 is 0 Å². The molecule has 1 amide bonds. The summed E-state index contributed by atoms with van der Waals surface area (Å²) in [6.07, 6.45) is 7.35.